The van der Waals surface area contributed by atoms with E-state index in [1.54, 1.807) is 0 Å². The van der Waals surface area contributed by atoms with Crippen molar-refractivity contribution in [2.75, 3.05) is 39.3 Å². The zero-order valence-electron chi connectivity index (χ0n) is 12.0. The Balaban J connectivity index is 1.68. The van der Waals surface area contributed by atoms with E-state index in [9.17, 15) is 4.79 Å². The number of piperazine rings is 1. The molecular weight excluding hydrogens is 254 g/mol. The van der Waals surface area contributed by atoms with Gasteiger partial charge >= 0.3 is 0 Å². The van der Waals surface area contributed by atoms with Crippen LogP contribution in [0.5, 0.6) is 0 Å². The van der Waals surface area contributed by atoms with Crippen LogP contribution in [0.25, 0.3) is 0 Å². The number of aliphatic imine (C=N–C) groups is 1. The third-order valence-corrected chi connectivity index (χ3v) is 4.51. The number of aliphatic hydroxyl groups excluding tert-OH is 1. The average molecular weight is 277 g/mol. The summed E-state index contributed by atoms with van der Waals surface area (Å²) in [7, 11) is 0. The molecule has 0 spiro atoms. The van der Waals surface area contributed by atoms with Gasteiger partial charge in [0.1, 0.15) is 5.84 Å². The molecule has 1 fully saturated rings. The van der Waals surface area contributed by atoms with Crippen LogP contribution in [0, 0.1) is 0 Å². The first-order valence-electron chi connectivity index (χ1n) is 7.69. The number of rotatable bonds is 2. The van der Waals surface area contributed by atoms with Crippen LogP contribution < -0.4 is 0 Å². The van der Waals surface area contributed by atoms with E-state index in [0.717, 1.165) is 75.5 Å². The lowest BCUT2D eigenvalue weighted by Gasteiger charge is -2.37. The Morgan fingerprint density at radius 1 is 1.10 bits per heavy atom. The van der Waals surface area contributed by atoms with Crippen molar-refractivity contribution >= 4 is 11.6 Å². The molecule has 0 saturated carbocycles. The highest BCUT2D eigenvalue weighted by molar-refractivity contribution is 6.11. The summed E-state index contributed by atoms with van der Waals surface area (Å²) in [5, 5.41) is 8.97. The fourth-order valence-electron chi connectivity index (χ4n) is 3.31. The number of Topliss-reactive ketones (excluding diaryl/α,β-unsaturated/α-hetero) is 1. The molecule has 5 heteroatoms. The van der Waals surface area contributed by atoms with Crippen LogP contribution in [0.3, 0.4) is 0 Å². The smallest absolute Gasteiger partial charge is 0.168 e. The predicted molar refractivity (Wildman–Crippen MR) is 77.7 cm³/mol. The van der Waals surface area contributed by atoms with Crippen LogP contribution in [-0.2, 0) is 4.79 Å². The fraction of sp³-hybridized carbons (Fsp3) is 0.733. The quantitative estimate of drug-likeness (QED) is 0.811. The van der Waals surface area contributed by atoms with Gasteiger partial charge in [-0.05, 0) is 25.7 Å². The van der Waals surface area contributed by atoms with Gasteiger partial charge in [0.05, 0.1) is 13.0 Å². The molecule has 0 aromatic rings. The summed E-state index contributed by atoms with van der Waals surface area (Å²) in [6.45, 7) is 4.67. The third kappa shape index (κ3) is 2.79. The number of carbonyl (C=O) groups is 1. The molecule has 0 aromatic heterocycles. The number of β-amino-alcohol motifs (C(OH)–C–C–N with tert-alkyl or cyclic N) is 1. The second-order valence-corrected chi connectivity index (χ2v) is 5.81. The minimum Gasteiger partial charge on any atom is -0.395 e. The highest BCUT2D eigenvalue weighted by atomic mass is 16.3. The minimum atomic E-state index is 0.218. The van der Waals surface area contributed by atoms with Crippen LogP contribution >= 0.6 is 0 Å². The largest absolute Gasteiger partial charge is 0.395 e. The van der Waals surface area contributed by atoms with Gasteiger partial charge in [-0.2, -0.15) is 0 Å². The Morgan fingerprint density at radius 3 is 2.60 bits per heavy atom. The summed E-state index contributed by atoms with van der Waals surface area (Å²) in [6, 6.07) is 0. The lowest BCUT2D eigenvalue weighted by atomic mass is 9.90. The Bertz CT molecular complexity index is 448. The topological polar surface area (TPSA) is 56.1 Å². The number of ketones is 1. The molecule has 3 rings (SSSR count). The van der Waals surface area contributed by atoms with Gasteiger partial charge in [0, 0.05) is 44.0 Å². The summed E-state index contributed by atoms with van der Waals surface area (Å²) in [5.74, 6) is 1.27. The first kappa shape index (κ1) is 13.8. The van der Waals surface area contributed by atoms with Gasteiger partial charge in [0.15, 0.2) is 5.78 Å². The van der Waals surface area contributed by atoms with E-state index in [0.29, 0.717) is 12.2 Å². The summed E-state index contributed by atoms with van der Waals surface area (Å²) < 4.78 is 0. The van der Waals surface area contributed by atoms with E-state index in [2.05, 4.69) is 9.80 Å². The molecule has 0 aromatic carbocycles. The second-order valence-electron chi connectivity index (χ2n) is 5.81. The van der Waals surface area contributed by atoms with Crippen molar-refractivity contribution in [2.24, 2.45) is 4.99 Å². The Hall–Kier alpha value is -1.20. The van der Waals surface area contributed by atoms with Crippen LogP contribution in [0.2, 0.25) is 0 Å². The Kier molecular flexibility index (Phi) is 4.17. The number of hydrogen-bond acceptors (Lipinski definition) is 5. The number of carbonyl (C=O) groups excluding carboxylic acids is 1. The molecule has 110 valence electrons. The number of allylic oxidation sites excluding steroid dienone is 2. The van der Waals surface area contributed by atoms with Crippen LogP contribution in [-0.4, -0.2) is 65.9 Å². The predicted octanol–water partition coefficient (Wildman–Crippen LogP) is 0.796. The maximum atomic E-state index is 12.2. The van der Waals surface area contributed by atoms with Crippen molar-refractivity contribution in [3.63, 3.8) is 0 Å². The molecule has 2 heterocycles. The monoisotopic (exact) mass is 277 g/mol. The van der Waals surface area contributed by atoms with Gasteiger partial charge in [-0.15, -0.1) is 0 Å². The van der Waals surface area contributed by atoms with E-state index in [1.165, 1.54) is 0 Å². The van der Waals surface area contributed by atoms with E-state index < -0.39 is 0 Å². The molecule has 0 atom stereocenters. The first-order valence-corrected chi connectivity index (χ1v) is 7.69. The maximum Gasteiger partial charge on any atom is 0.168 e. The summed E-state index contributed by atoms with van der Waals surface area (Å²) in [4.78, 5) is 21.5. The van der Waals surface area contributed by atoms with Crippen LogP contribution in [0.4, 0.5) is 0 Å². The van der Waals surface area contributed by atoms with Gasteiger partial charge in [-0.25, -0.2) is 4.99 Å². The molecule has 20 heavy (non-hydrogen) atoms. The lowest BCUT2D eigenvalue weighted by molar-refractivity contribution is -0.115. The molecule has 2 aliphatic heterocycles. The van der Waals surface area contributed by atoms with E-state index >= 15 is 0 Å². The highest BCUT2D eigenvalue weighted by Crippen LogP contribution is 2.30. The highest BCUT2D eigenvalue weighted by Gasteiger charge is 2.28. The first-order chi connectivity index (χ1) is 9.78. The number of hydrogen-bond donors (Lipinski definition) is 1. The zero-order chi connectivity index (χ0) is 13.9. The maximum absolute atomic E-state index is 12.2. The molecule has 0 amide bonds. The van der Waals surface area contributed by atoms with Crippen molar-refractivity contribution in [3.8, 4) is 0 Å². The summed E-state index contributed by atoms with van der Waals surface area (Å²) in [6.07, 6.45) is 4.67. The van der Waals surface area contributed by atoms with E-state index in [-0.39, 0.29) is 6.61 Å². The van der Waals surface area contributed by atoms with Crippen LogP contribution in [0.15, 0.2) is 16.3 Å². The standard InChI is InChI=1S/C15H23N3O2/c19-10-9-17-5-7-18(8-6-17)15-11-14(20)12-3-1-2-4-13(12)16-15/h19H,1-11H2. The van der Waals surface area contributed by atoms with Crippen molar-refractivity contribution < 1.29 is 9.90 Å². The summed E-state index contributed by atoms with van der Waals surface area (Å²) in [5.41, 5.74) is 2.05. The van der Waals surface area contributed by atoms with Crippen molar-refractivity contribution in [2.45, 2.75) is 32.1 Å². The number of aliphatic hydroxyl groups is 1. The number of nitrogens with zero attached hydrogens (tertiary/aromatic N) is 3. The molecule has 0 bridgehead atoms. The van der Waals surface area contributed by atoms with Gasteiger partial charge < -0.3 is 10.0 Å². The Labute approximate surface area is 120 Å². The van der Waals surface area contributed by atoms with Gasteiger partial charge in [-0.1, -0.05) is 0 Å². The molecule has 1 aliphatic carbocycles. The SMILES string of the molecule is O=C1CC(N2CCN(CCO)CC2)=NC2=C1CCCC2. The number of amidine groups is 1. The van der Waals surface area contributed by atoms with Crippen molar-refractivity contribution in [1.82, 2.24) is 9.80 Å². The summed E-state index contributed by atoms with van der Waals surface area (Å²) >= 11 is 0. The molecule has 5 nitrogen and oxygen atoms in total. The van der Waals surface area contributed by atoms with Gasteiger partial charge in [0.25, 0.3) is 0 Å². The molecule has 3 aliphatic rings. The van der Waals surface area contributed by atoms with Crippen molar-refractivity contribution in [3.05, 3.63) is 11.3 Å². The van der Waals surface area contributed by atoms with E-state index in [4.69, 9.17) is 10.1 Å². The molecule has 0 radical (unpaired) electrons. The van der Waals surface area contributed by atoms with Gasteiger partial charge in [-0.3, -0.25) is 9.69 Å². The molecule has 0 unspecified atom stereocenters. The molecule has 1 saturated heterocycles. The fourth-order valence-corrected chi connectivity index (χ4v) is 3.31. The minimum absolute atomic E-state index is 0.218. The van der Waals surface area contributed by atoms with E-state index in [1.807, 2.05) is 0 Å². The Morgan fingerprint density at radius 2 is 1.85 bits per heavy atom. The van der Waals surface area contributed by atoms with Gasteiger partial charge in [0.2, 0.25) is 0 Å². The third-order valence-electron chi connectivity index (χ3n) is 4.51. The lowest BCUT2D eigenvalue weighted by Crippen LogP contribution is -2.50. The average Bonchev–Trinajstić information content (AvgIpc) is 2.48. The van der Waals surface area contributed by atoms with Crippen LogP contribution in [0.1, 0.15) is 32.1 Å². The molecule has 1 N–H and O–H groups in total. The molecular formula is C15H23N3O2. The second kappa shape index (κ2) is 6.06. The van der Waals surface area contributed by atoms with Crippen molar-refractivity contribution in [1.29, 1.82) is 0 Å². The normalized spacial score (nSPS) is 24.8. The zero-order valence-corrected chi connectivity index (χ0v) is 12.0.